The molecule has 0 bridgehead atoms. The zero-order chi connectivity index (χ0) is 12.4. The number of nitrogens with zero attached hydrogens (tertiary/aromatic N) is 2. The molecule has 1 saturated heterocycles. The van der Waals surface area contributed by atoms with Crippen molar-refractivity contribution in [2.45, 2.75) is 39.3 Å². The van der Waals surface area contributed by atoms with Crippen LogP contribution in [0.25, 0.3) is 0 Å². The molecular weight excluding hydrogens is 210 g/mol. The minimum atomic E-state index is 0.560. The van der Waals surface area contributed by atoms with Gasteiger partial charge in [0.25, 0.3) is 0 Å². The Hall–Kier alpha value is -1.09. The lowest BCUT2D eigenvalue weighted by molar-refractivity contribution is 0.282. The van der Waals surface area contributed by atoms with Crippen molar-refractivity contribution in [1.82, 2.24) is 10.3 Å². The van der Waals surface area contributed by atoms with E-state index in [1.165, 1.54) is 17.7 Å². The van der Waals surface area contributed by atoms with Crippen molar-refractivity contribution in [2.24, 2.45) is 5.92 Å². The third kappa shape index (κ3) is 2.44. The topological polar surface area (TPSA) is 28.2 Å². The SMILES string of the molecule is CNC1CCN(c2cncc(C)c2)C(C)C1C. The van der Waals surface area contributed by atoms with Gasteiger partial charge in [0.05, 0.1) is 11.9 Å². The second-order valence-corrected chi connectivity index (χ2v) is 5.20. The molecule has 0 amide bonds. The quantitative estimate of drug-likeness (QED) is 0.849. The first-order valence-electron chi connectivity index (χ1n) is 6.49. The van der Waals surface area contributed by atoms with Crippen LogP contribution in [0.3, 0.4) is 0 Å². The Bertz CT molecular complexity index is 377. The molecule has 1 aromatic heterocycles. The molecule has 1 fully saturated rings. The summed E-state index contributed by atoms with van der Waals surface area (Å²) < 4.78 is 0. The summed E-state index contributed by atoms with van der Waals surface area (Å²) >= 11 is 0. The maximum atomic E-state index is 4.30. The van der Waals surface area contributed by atoms with E-state index in [2.05, 4.69) is 49.1 Å². The second-order valence-electron chi connectivity index (χ2n) is 5.20. The van der Waals surface area contributed by atoms with Gasteiger partial charge in [-0.25, -0.2) is 0 Å². The van der Waals surface area contributed by atoms with Gasteiger partial charge in [-0.2, -0.15) is 0 Å². The molecule has 2 rings (SSSR count). The van der Waals surface area contributed by atoms with E-state index in [0.717, 1.165) is 6.54 Å². The third-order valence-electron chi connectivity index (χ3n) is 4.13. The molecule has 17 heavy (non-hydrogen) atoms. The molecule has 1 aromatic rings. The minimum absolute atomic E-state index is 0.560. The van der Waals surface area contributed by atoms with Gasteiger partial charge >= 0.3 is 0 Å². The van der Waals surface area contributed by atoms with Crippen molar-refractivity contribution in [3.8, 4) is 0 Å². The summed E-state index contributed by atoms with van der Waals surface area (Å²) in [5.41, 5.74) is 2.50. The van der Waals surface area contributed by atoms with Crippen molar-refractivity contribution >= 4 is 5.69 Å². The number of nitrogens with one attached hydrogen (secondary N) is 1. The second kappa shape index (κ2) is 5.05. The Morgan fingerprint density at radius 3 is 2.76 bits per heavy atom. The first kappa shape index (κ1) is 12.4. The first-order chi connectivity index (χ1) is 8.13. The molecule has 3 unspecified atom stereocenters. The molecule has 3 nitrogen and oxygen atoms in total. The highest BCUT2D eigenvalue weighted by Gasteiger charge is 2.31. The molecule has 1 aliphatic heterocycles. The predicted octanol–water partition coefficient (Wildman–Crippen LogP) is 2.21. The number of anilines is 1. The zero-order valence-corrected chi connectivity index (χ0v) is 11.3. The van der Waals surface area contributed by atoms with Crippen LogP contribution in [0.15, 0.2) is 18.5 Å². The standard InChI is InChI=1S/C14H23N3/c1-10-7-13(9-16-8-10)17-6-5-14(15-4)11(2)12(17)3/h7-9,11-12,14-15H,5-6H2,1-4H3. The molecule has 3 atom stereocenters. The van der Waals surface area contributed by atoms with Crippen molar-refractivity contribution in [1.29, 1.82) is 0 Å². The summed E-state index contributed by atoms with van der Waals surface area (Å²) in [7, 11) is 2.07. The lowest BCUT2D eigenvalue weighted by Crippen LogP contribution is -2.52. The van der Waals surface area contributed by atoms with Crippen molar-refractivity contribution in [3.05, 3.63) is 24.0 Å². The molecule has 94 valence electrons. The molecule has 0 spiro atoms. The molecule has 1 N–H and O–H groups in total. The van der Waals surface area contributed by atoms with E-state index in [-0.39, 0.29) is 0 Å². The van der Waals surface area contributed by atoms with Crippen LogP contribution in [-0.2, 0) is 0 Å². The zero-order valence-electron chi connectivity index (χ0n) is 11.3. The molecule has 3 heteroatoms. The first-order valence-corrected chi connectivity index (χ1v) is 6.49. The number of aryl methyl sites for hydroxylation is 1. The summed E-state index contributed by atoms with van der Waals surface area (Å²) in [6.45, 7) is 7.87. The predicted molar refractivity (Wildman–Crippen MR) is 72.4 cm³/mol. The highest BCUT2D eigenvalue weighted by Crippen LogP contribution is 2.28. The molecule has 0 aliphatic carbocycles. The maximum Gasteiger partial charge on any atom is 0.0557 e. The van der Waals surface area contributed by atoms with Crippen LogP contribution >= 0.6 is 0 Å². The van der Waals surface area contributed by atoms with Crippen LogP contribution in [0, 0.1) is 12.8 Å². The molecule has 0 saturated carbocycles. The normalized spacial score (nSPS) is 29.4. The van der Waals surface area contributed by atoms with Crippen LogP contribution < -0.4 is 10.2 Å². The number of pyridine rings is 1. The third-order valence-corrected chi connectivity index (χ3v) is 4.13. The molecule has 2 heterocycles. The van der Waals surface area contributed by atoms with Gasteiger partial charge in [-0.05, 0) is 44.9 Å². The monoisotopic (exact) mass is 233 g/mol. The maximum absolute atomic E-state index is 4.30. The van der Waals surface area contributed by atoms with E-state index in [1.807, 2.05) is 12.4 Å². The number of aromatic nitrogens is 1. The van der Waals surface area contributed by atoms with E-state index >= 15 is 0 Å². The van der Waals surface area contributed by atoms with Crippen LogP contribution in [0.1, 0.15) is 25.8 Å². The van der Waals surface area contributed by atoms with Crippen molar-refractivity contribution < 1.29 is 0 Å². The number of rotatable bonds is 2. The average molecular weight is 233 g/mol. The van der Waals surface area contributed by atoms with Gasteiger partial charge in [0.15, 0.2) is 0 Å². The van der Waals surface area contributed by atoms with Crippen LogP contribution in [0.2, 0.25) is 0 Å². The lowest BCUT2D eigenvalue weighted by Gasteiger charge is -2.44. The van der Waals surface area contributed by atoms with Gasteiger partial charge in [-0.3, -0.25) is 4.98 Å². The molecular formula is C14H23N3. The number of hydrogen-bond acceptors (Lipinski definition) is 3. The Labute approximate surface area is 104 Å². The number of hydrogen-bond donors (Lipinski definition) is 1. The molecule has 0 aromatic carbocycles. The fourth-order valence-corrected chi connectivity index (χ4v) is 2.83. The Morgan fingerprint density at radius 1 is 1.35 bits per heavy atom. The van der Waals surface area contributed by atoms with E-state index in [1.54, 1.807) is 0 Å². The molecule has 1 aliphatic rings. The smallest absolute Gasteiger partial charge is 0.0557 e. The van der Waals surface area contributed by atoms with E-state index in [9.17, 15) is 0 Å². The highest BCUT2D eigenvalue weighted by molar-refractivity contribution is 5.47. The fraction of sp³-hybridized carbons (Fsp3) is 0.643. The average Bonchev–Trinajstić information content (AvgIpc) is 2.32. The molecule has 0 radical (unpaired) electrons. The Balaban J connectivity index is 2.18. The van der Waals surface area contributed by atoms with Gasteiger partial charge in [-0.1, -0.05) is 6.92 Å². The number of piperidine rings is 1. The summed E-state index contributed by atoms with van der Waals surface area (Å²) in [5, 5.41) is 3.43. The Kier molecular flexibility index (Phi) is 3.67. The van der Waals surface area contributed by atoms with Crippen molar-refractivity contribution in [3.63, 3.8) is 0 Å². The summed E-state index contributed by atoms with van der Waals surface area (Å²) in [5.74, 6) is 0.661. The largest absolute Gasteiger partial charge is 0.367 e. The van der Waals surface area contributed by atoms with Gasteiger partial charge in [0.1, 0.15) is 0 Å². The van der Waals surface area contributed by atoms with Crippen LogP contribution in [-0.4, -0.2) is 30.7 Å². The lowest BCUT2D eigenvalue weighted by atomic mass is 9.87. The Morgan fingerprint density at radius 2 is 2.12 bits per heavy atom. The van der Waals surface area contributed by atoms with Gasteiger partial charge in [0.2, 0.25) is 0 Å². The van der Waals surface area contributed by atoms with Gasteiger partial charge in [-0.15, -0.1) is 0 Å². The minimum Gasteiger partial charge on any atom is -0.367 e. The van der Waals surface area contributed by atoms with Crippen LogP contribution in [0.5, 0.6) is 0 Å². The van der Waals surface area contributed by atoms with E-state index in [0.29, 0.717) is 18.0 Å². The summed E-state index contributed by atoms with van der Waals surface area (Å²) in [6.07, 6.45) is 5.10. The van der Waals surface area contributed by atoms with Gasteiger partial charge in [0, 0.05) is 24.8 Å². The summed E-state index contributed by atoms with van der Waals surface area (Å²) in [6, 6.07) is 3.43. The summed E-state index contributed by atoms with van der Waals surface area (Å²) in [4.78, 5) is 6.79. The van der Waals surface area contributed by atoms with Crippen molar-refractivity contribution in [2.75, 3.05) is 18.5 Å². The van der Waals surface area contributed by atoms with Gasteiger partial charge < -0.3 is 10.2 Å². The van der Waals surface area contributed by atoms with E-state index in [4.69, 9.17) is 0 Å². The van der Waals surface area contributed by atoms with Crippen LogP contribution in [0.4, 0.5) is 5.69 Å². The fourth-order valence-electron chi connectivity index (χ4n) is 2.83. The highest BCUT2D eigenvalue weighted by atomic mass is 15.2. The van der Waals surface area contributed by atoms with E-state index < -0.39 is 0 Å².